The third-order valence-corrected chi connectivity index (χ3v) is 4.43. The molecule has 0 saturated heterocycles. The van der Waals surface area contributed by atoms with Crippen LogP contribution in [0.25, 0.3) is 0 Å². The summed E-state index contributed by atoms with van der Waals surface area (Å²) >= 11 is 0. The number of sulfone groups is 1. The van der Waals surface area contributed by atoms with Crippen LogP contribution in [0.5, 0.6) is 0 Å². The highest BCUT2D eigenvalue weighted by molar-refractivity contribution is 7.91. The lowest BCUT2D eigenvalue weighted by Gasteiger charge is -2.19. The van der Waals surface area contributed by atoms with Crippen LogP contribution in [-0.4, -0.2) is 37.7 Å². The van der Waals surface area contributed by atoms with E-state index in [-0.39, 0.29) is 22.8 Å². The minimum atomic E-state index is -3.54. The second-order valence-corrected chi connectivity index (χ2v) is 5.99. The van der Waals surface area contributed by atoms with Gasteiger partial charge in [0.15, 0.2) is 9.84 Å². The van der Waals surface area contributed by atoms with Crippen molar-refractivity contribution in [3.63, 3.8) is 0 Å². The number of para-hydroxylation sites is 1. The molecule has 0 unspecified atom stereocenters. The van der Waals surface area contributed by atoms with Gasteiger partial charge in [0.1, 0.15) is 6.54 Å². The summed E-state index contributed by atoms with van der Waals surface area (Å²) in [5, 5.41) is 8.79. The summed E-state index contributed by atoms with van der Waals surface area (Å²) in [6.45, 7) is -0.536. The van der Waals surface area contributed by atoms with Gasteiger partial charge in [0.25, 0.3) is 0 Å². The third kappa shape index (κ3) is 2.21. The first kappa shape index (κ1) is 12.6. The maximum Gasteiger partial charge on any atom is 0.323 e. The molecular weight excluding hydrogens is 258 g/mol. The number of carboxylic acid groups (broad SMARTS) is 1. The zero-order chi connectivity index (χ0) is 13.3. The molecule has 0 fully saturated rings. The molecule has 0 aliphatic carbocycles. The van der Waals surface area contributed by atoms with Gasteiger partial charge in [-0.3, -0.25) is 14.5 Å². The Hall–Kier alpha value is -1.89. The summed E-state index contributed by atoms with van der Waals surface area (Å²) in [7, 11) is -3.54. The number of aliphatic carboxylic acids is 1. The minimum absolute atomic E-state index is 0.0112. The second-order valence-electron chi connectivity index (χ2n) is 3.91. The van der Waals surface area contributed by atoms with Crippen LogP contribution >= 0.6 is 0 Å². The molecule has 1 amide bonds. The number of hydrogen-bond donors (Lipinski definition) is 1. The number of hydrogen-bond acceptors (Lipinski definition) is 4. The fraction of sp³-hybridized carbons (Fsp3) is 0.273. The Morgan fingerprint density at radius 2 is 2.00 bits per heavy atom. The maximum absolute atomic E-state index is 11.9. The van der Waals surface area contributed by atoms with Crippen molar-refractivity contribution in [1.82, 2.24) is 0 Å². The van der Waals surface area contributed by atoms with E-state index in [0.29, 0.717) is 0 Å². The molecular formula is C11H11NO5S. The number of benzene rings is 1. The van der Waals surface area contributed by atoms with E-state index < -0.39 is 28.3 Å². The number of rotatable bonds is 2. The molecule has 1 aromatic rings. The molecule has 2 rings (SSSR count). The van der Waals surface area contributed by atoms with Gasteiger partial charge in [0, 0.05) is 6.42 Å². The van der Waals surface area contributed by atoms with Crippen molar-refractivity contribution in [2.45, 2.75) is 11.3 Å². The molecule has 0 saturated carbocycles. The first-order valence-corrected chi connectivity index (χ1v) is 6.91. The SMILES string of the molecule is O=C(O)CN1C(=O)CCS(=O)(=O)c2ccccc21. The Balaban J connectivity index is 2.60. The zero-order valence-electron chi connectivity index (χ0n) is 9.37. The number of nitrogens with zero attached hydrogens (tertiary/aromatic N) is 1. The summed E-state index contributed by atoms with van der Waals surface area (Å²) < 4.78 is 23.9. The molecule has 0 aromatic heterocycles. The number of amides is 1. The van der Waals surface area contributed by atoms with E-state index in [0.717, 1.165) is 4.90 Å². The van der Waals surface area contributed by atoms with Crippen molar-refractivity contribution in [2.24, 2.45) is 0 Å². The number of fused-ring (bicyclic) bond motifs is 1. The summed E-state index contributed by atoms with van der Waals surface area (Å²) in [6.07, 6.45) is -0.204. The standard InChI is InChI=1S/C11H11NO5S/c13-10-5-6-18(16,17)9-4-2-1-3-8(9)12(10)7-11(14)15/h1-4H,5-7H2,(H,14,15). The highest BCUT2D eigenvalue weighted by atomic mass is 32.2. The van der Waals surface area contributed by atoms with Gasteiger partial charge < -0.3 is 5.11 Å². The van der Waals surface area contributed by atoms with Crippen molar-refractivity contribution in [2.75, 3.05) is 17.2 Å². The molecule has 18 heavy (non-hydrogen) atoms. The average Bonchev–Trinajstić information content (AvgIpc) is 2.40. The monoisotopic (exact) mass is 269 g/mol. The third-order valence-electron chi connectivity index (χ3n) is 2.67. The lowest BCUT2D eigenvalue weighted by atomic mass is 10.2. The van der Waals surface area contributed by atoms with Crippen LogP contribution in [0.2, 0.25) is 0 Å². The zero-order valence-corrected chi connectivity index (χ0v) is 10.2. The molecule has 0 bridgehead atoms. The molecule has 0 spiro atoms. The first-order valence-electron chi connectivity index (χ1n) is 5.26. The first-order chi connectivity index (χ1) is 8.42. The summed E-state index contributed by atoms with van der Waals surface area (Å²) in [5.74, 6) is -1.97. The Morgan fingerprint density at radius 1 is 1.33 bits per heavy atom. The Kier molecular flexibility index (Phi) is 3.08. The topological polar surface area (TPSA) is 91.8 Å². The highest BCUT2D eigenvalue weighted by Gasteiger charge is 2.31. The van der Waals surface area contributed by atoms with E-state index in [1.54, 1.807) is 12.1 Å². The van der Waals surface area contributed by atoms with E-state index in [1.165, 1.54) is 12.1 Å². The number of anilines is 1. The van der Waals surface area contributed by atoms with Gasteiger partial charge in [0.2, 0.25) is 5.91 Å². The molecule has 1 heterocycles. The van der Waals surface area contributed by atoms with Crippen LogP contribution < -0.4 is 4.90 Å². The predicted molar refractivity (Wildman–Crippen MR) is 63.1 cm³/mol. The highest BCUT2D eigenvalue weighted by Crippen LogP contribution is 2.29. The van der Waals surface area contributed by atoms with Crippen LogP contribution in [0.15, 0.2) is 29.2 Å². The average molecular weight is 269 g/mol. The quantitative estimate of drug-likeness (QED) is 0.832. The Labute approximate surface area is 104 Å². The molecule has 0 atom stereocenters. The van der Waals surface area contributed by atoms with Gasteiger partial charge in [-0.05, 0) is 12.1 Å². The van der Waals surface area contributed by atoms with Gasteiger partial charge >= 0.3 is 5.97 Å². The number of carboxylic acids is 1. The smallest absolute Gasteiger partial charge is 0.323 e. The van der Waals surface area contributed by atoms with Gasteiger partial charge in [-0.15, -0.1) is 0 Å². The summed E-state index contributed by atoms with van der Waals surface area (Å²) in [4.78, 5) is 23.6. The maximum atomic E-state index is 11.9. The number of carbonyl (C=O) groups is 2. The normalized spacial score (nSPS) is 18.0. The van der Waals surface area contributed by atoms with E-state index in [2.05, 4.69) is 0 Å². The summed E-state index contributed by atoms with van der Waals surface area (Å²) in [6, 6.07) is 5.95. The minimum Gasteiger partial charge on any atom is -0.480 e. The van der Waals surface area contributed by atoms with Crippen molar-refractivity contribution < 1.29 is 23.1 Å². The molecule has 0 radical (unpaired) electrons. The van der Waals surface area contributed by atoms with Crippen molar-refractivity contribution in [3.05, 3.63) is 24.3 Å². The van der Waals surface area contributed by atoms with Crippen LogP contribution in [0.4, 0.5) is 5.69 Å². The van der Waals surface area contributed by atoms with Crippen molar-refractivity contribution in [3.8, 4) is 0 Å². The predicted octanol–water partition coefficient (Wildman–Crippen LogP) is 0.282. The van der Waals surface area contributed by atoms with Crippen molar-refractivity contribution in [1.29, 1.82) is 0 Å². The van der Waals surface area contributed by atoms with Crippen LogP contribution in [0.3, 0.4) is 0 Å². The number of carbonyl (C=O) groups excluding carboxylic acids is 1. The molecule has 1 aromatic carbocycles. The van der Waals surface area contributed by atoms with E-state index in [4.69, 9.17) is 5.11 Å². The van der Waals surface area contributed by atoms with Crippen LogP contribution in [0, 0.1) is 0 Å². The van der Waals surface area contributed by atoms with E-state index in [9.17, 15) is 18.0 Å². The van der Waals surface area contributed by atoms with Crippen LogP contribution in [0.1, 0.15) is 6.42 Å². The summed E-state index contributed by atoms with van der Waals surface area (Å²) in [5.41, 5.74) is 0.141. The largest absolute Gasteiger partial charge is 0.480 e. The molecule has 1 aliphatic rings. The molecule has 6 nitrogen and oxygen atoms in total. The van der Waals surface area contributed by atoms with Crippen molar-refractivity contribution >= 4 is 27.4 Å². The van der Waals surface area contributed by atoms with E-state index in [1.807, 2.05) is 0 Å². The van der Waals surface area contributed by atoms with Crippen LogP contribution in [-0.2, 0) is 19.4 Å². The van der Waals surface area contributed by atoms with Gasteiger partial charge in [-0.1, -0.05) is 12.1 Å². The lowest BCUT2D eigenvalue weighted by Crippen LogP contribution is -2.35. The van der Waals surface area contributed by atoms with E-state index >= 15 is 0 Å². The van der Waals surface area contributed by atoms with Gasteiger partial charge in [0.05, 0.1) is 16.3 Å². The Bertz CT molecular complexity index is 608. The fourth-order valence-corrected chi connectivity index (χ4v) is 3.30. The molecule has 96 valence electrons. The van der Waals surface area contributed by atoms with Gasteiger partial charge in [-0.25, -0.2) is 8.42 Å². The molecule has 7 heteroatoms. The second kappa shape index (κ2) is 4.41. The molecule has 1 N–H and O–H groups in total. The fourth-order valence-electron chi connectivity index (χ4n) is 1.85. The Morgan fingerprint density at radius 3 is 2.67 bits per heavy atom. The van der Waals surface area contributed by atoms with Gasteiger partial charge in [-0.2, -0.15) is 0 Å². The molecule has 1 aliphatic heterocycles. The lowest BCUT2D eigenvalue weighted by molar-refractivity contribution is -0.136.